The van der Waals surface area contributed by atoms with Gasteiger partial charge in [-0.05, 0) is 27.3 Å². The van der Waals surface area contributed by atoms with Crippen molar-refractivity contribution in [2.75, 3.05) is 13.6 Å². The number of rotatable bonds is 7. The molecule has 0 fully saturated rings. The Balaban J connectivity index is 2.43. The van der Waals surface area contributed by atoms with E-state index in [0.717, 1.165) is 19.3 Å². The van der Waals surface area contributed by atoms with Crippen LogP contribution in [0.25, 0.3) is 0 Å². The van der Waals surface area contributed by atoms with Gasteiger partial charge in [0.15, 0.2) is 5.82 Å². The Bertz CT molecular complexity index is 331. The second-order valence-electron chi connectivity index (χ2n) is 5.19. The van der Waals surface area contributed by atoms with Crippen LogP contribution in [0.2, 0.25) is 0 Å². The second kappa shape index (κ2) is 6.12. The van der Waals surface area contributed by atoms with E-state index in [4.69, 9.17) is 4.52 Å². The van der Waals surface area contributed by atoms with Gasteiger partial charge in [0.2, 0.25) is 5.89 Å². The van der Waals surface area contributed by atoms with Gasteiger partial charge in [-0.1, -0.05) is 18.5 Å². The second-order valence-corrected chi connectivity index (χ2v) is 5.19. The smallest absolute Gasteiger partial charge is 0.226 e. The van der Waals surface area contributed by atoms with E-state index in [1.807, 2.05) is 11.9 Å². The van der Waals surface area contributed by atoms with Crippen LogP contribution in [0.4, 0.5) is 0 Å². The molecular formula is C12H23N3O2. The lowest BCUT2D eigenvalue weighted by molar-refractivity contribution is 0.0416. The number of likely N-dealkylation sites (N-methyl/N-ethyl adjacent to an activating group) is 1. The molecule has 0 aliphatic rings. The monoisotopic (exact) mass is 241 g/mol. The van der Waals surface area contributed by atoms with Crippen molar-refractivity contribution < 1.29 is 9.63 Å². The summed E-state index contributed by atoms with van der Waals surface area (Å²) in [6.07, 6.45) is 3.04. The number of nitrogens with zero attached hydrogens (tertiary/aromatic N) is 3. The van der Waals surface area contributed by atoms with E-state index in [9.17, 15) is 5.11 Å². The molecule has 0 aliphatic heterocycles. The van der Waals surface area contributed by atoms with Crippen molar-refractivity contribution in [3.05, 3.63) is 11.7 Å². The third-order valence-electron chi connectivity index (χ3n) is 2.32. The number of unbranched alkanes of at least 4 members (excludes halogenated alkanes) is 1. The third-order valence-corrected chi connectivity index (χ3v) is 2.32. The van der Waals surface area contributed by atoms with Gasteiger partial charge in [0, 0.05) is 13.0 Å². The van der Waals surface area contributed by atoms with Crippen molar-refractivity contribution in [2.45, 2.75) is 52.2 Å². The first-order valence-corrected chi connectivity index (χ1v) is 6.13. The average Bonchev–Trinajstić information content (AvgIpc) is 2.59. The van der Waals surface area contributed by atoms with Gasteiger partial charge in [-0.25, -0.2) is 0 Å². The summed E-state index contributed by atoms with van der Waals surface area (Å²) in [4.78, 5) is 6.30. The van der Waals surface area contributed by atoms with E-state index in [0.29, 0.717) is 24.8 Å². The molecule has 5 nitrogen and oxygen atoms in total. The molecule has 0 saturated heterocycles. The number of aryl methyl sites for hydroxylation is 1. The van der Waals surface area contributed by atoms with Crippen LogP contribution in [-0.2, 0) is 13.0 Å². The zero-order valence-electron chi connectivity index (χ0n) is 11.2. The van der Waals surface area contributed by atoms with Crippen molar-refractivity contribution in [3.63, 3.8) is 0 Å². The summed E-state index contributed by atoms with van der Waals surface area (Å²) < 4.78 is 5.15. The van der Waals surface area contributed by atoms with Crippen molar-refractivity contribution in [3.8, 4) is 0 Å². The predicted molar refractivity (Wildman–Crippen MR) is 65.5 cm³/mol. The van der Waals surface area contributed by atoms with E-state index in [1.165, 1.54) is 0 Å². The summed E-state index contributed by atoms with van der Waals surface area (Å²) in [5.41, 5.74) is -0.705. The molecule has 0 saturated carbocycles. The summed E-state index contributed by atoms with van der Waals surface area (Å²) >= 11 is 0. The van der Waals surface area contributed by atoms with Crippen LogP contribution in [0.15, 0.2) is 4.52 Å². The highest BCUT2D eigenvalue weighted by molar-refractivity contribution is 4.87. The highest BCUT2D eigenvalue weighted by Crippen LogP contribution is 2.07. The quantitative estimate of drug-likeness (QED) is 0.786. The van der Waals surface area contributed by atoms with Crippen LogP contribution in [-0.4, -0.2) is 39.3 Å². The largest absolute Gasteiger partial charge is 0.389 e. The predicted octanol–water partition coefficient (Wildman–Crippen LogP) is 1.61. The lowest BCUT2D eigenvalue weighted by Crippen LogP contribution is -2.36. The Morgan fingerprint density at radius 3 is 2.71 bits per heavy atom. The van der Waals surface area contributed by atoms with E-state index in [-0.39, 0.29) is 0 Å². The highest BCUT2D eigenvalue weighted by Gasteiger charge is 2.17. The molecular weight excluding hydrogens is 218 g/mol. The van der Waals surface area contributed by atoms with Crippen molar-refractivity contribution in [2.24, 2.45) is 0 Å². The molecule has 17 heavy (non-hydrogen) atoms. The molecule has 0 aliphatic carbocycles. The Hall–Kier alpha value is -0.940. The van der Waals surface area contributed by atoms with Crippen LogP contribution < -0.4 is 0 Å². The summed E-state index contributed by atoms with van der Waals surface area (Å²) in [6.45, 7) is 6.87. The molecule has 1 N–H and O–H groups in total. The molecule has 5 heteroatoms. The van der Waals surface area contributed by atoms with E-state index < -0.39 is 5.60 Å². The molecule has 1 heterocycles. The van der Waals surface area contributed by atoms with E-state index in [2.05, 4.69) is 17.1 Å². The maximum absolute atomic E-state index is 9.68. The van der Waals surface area contributed by atoms with Crippen molar-refractivity contribution in [1.29, 1.82) is 0 Å². The lowest BCUT2D eigenvalue weighted by atomic mass is 10.1. The Morgan fingerprint density at radius 2 is 2.12 bits per heavy atom. The Kier molecular flexibility index (Phi) is 5.08. The molecule has 0 atom stereocenters. The molecule has 0 spiro atoms. The maximum Gasteiger partial charge on any atom is 0.226 e. The van der Waals surface area contributed by atoms with Gasteiger partial charge >= 0.3 is 0 Å². The van der Waals surface area contributed by atoms with Crippen LogP contribution in [0.5, 0.6) is 0 Å². The Morgan fingerprint density at radius 1 is 1.41 bits per heavy atom. The standard InChI is InChI=1S/C12H23N3O2/c1-5-6-7-11-13-10(14-17-11)8-15(4)9-12(2,3)16/h16H,5-9H2,1-4H3. The van der Waals surface area contributed by atoms with Crippen LogP contribution in [0, 0.1) is 0 Å². The van der Waals surface area contributed by atoms with Gasteiger partial charge in [0.25, 0.3) is 0 Å². The molecule has 0 bridgehead atoms. The minimum absolute atomic E-state index is 0.575. The number of aromatic nitrogens is 2. The normalized spacial score (nSPS) is 12.4. The zero-order chi connectivity index (χ0) is 12.9. The first-order chi connectivity index (χ1) is 7.90. The van der Waals surface area contributed by atoms with Gasteiger partial charge in [-0.15, -0.1) is 0 Å². The van der Waals surface area contributed by atoms with Gasteiger partial charge in [-0.3, -0.25) is 4.90 Å². The molecule has 1 rings (SSSR count). The molecule has 1 aromatic heterocycles. The van der Waals surface area contributed by atoms with Crippen molar-refractivity contribution in [1.82, 2.24) is 15.0 Å². The first kappa shape index (κ1) is 14.1. The minimum atomic E-state index is -0.705. The average molecular weight is 241 g/mol. The summed E-state index contributed by atoms with van der Waals surface area (Å²) in [5, 5.41) is 13.6. The summed E-state index contributed by atoms with van der Waals surface area (Å²) in [7, 11) is 1.93. The van der Waals surface area contributed by atoms with Gasteiger partial charge in [0.05, 0.1) is 12.1 Å². The van der Waals surface area contributed by atoms with E-state index >= 15 is 0 Å². The molecule has 0 radical (unpaired) electrons. The maximum atomic E-state index is 9.68. The fourth-order valence-electron chi connectivity index (χ4n) is 1.74. The first-order valence-electron chi connectivity index (χ1n) is 6.13. The summed E-state index contributed by atoms with van der Waals surface area (Å²) in [5.74, 6) is 1.39. The lowest BCUT2D eigenvalue weighted by Gasteiger charge is -2.24. The topological polar surface area (TPSA) is 62.4 Å². The fourth-order valence-corrected chi connectivity index (χ4v) is 1.74. The Labute approximate surface area is 103 Å². The summed E-state index contributed by atoms with van der Waals surface area (Å²) in [6, 6.07) is 0. The van der Waals surface area contributed by atoms with E-state index in [1.54, 1.807) is 13.8 Å². The molecule has 0 aromatic carbocycles. The molecule has 0 unspecified atom stereocenters. The van der Waals surface area contributed by atoms with Crippen LogP contribution >= 0.6 is 0 Å². The molecule has 1 aromatic rings. The number of aliphatic hydroxyl groups is 1. The van der Waals surface area contributed by atoms with Gasteiger partial charge in [-0.2, -0.15) is 4.98 Å². The fraction of sp³-hybridized carbons (Fsp3) is 0.833. The van der Waals surface area contributed by atoms with Gasteiger partial charge < -0.3 is 9.63 Å². The molecule has 98 valence electrons. The highest BCUT2D eigenvalue weighted by atomic mass is 16.5. The minimum Gasteiger partial charge on any atom is -0.389 e. The van der Waals surface area contributed by atoms with Crippen molar-refractivity contribution >= 4 is 0 Å². The number of hydrogen-bond acceptors (Lipinski definition) is 5. The molecule has 0 amide bonds. The van der Waals surface area contributed by atoms with Crippen LogP contribution in [0.3, 0.4) is 0 Å². The third kappa shape index (κ3) is 5.79. The zero-order valence-corrected chi connectivity index (χ0v) is 11.2. The SMILES string of the molecule is CCCCc1nc(CN(C)CC(C)(C)O)no1. The van der Waals surface area contributed by atoms with Gasteiger partial charge in [0.1, 0.15) is 0 Å². The number of hydrogen-bond donors (Lipinski definition) is 1. The van der Waals surface area contributed by atoms with Crippen LogP contribution in [0.1, 0.15) is 45.3 Å².